The summed E-state index contributed by atoms with van der Waals surface area (Å²) in [6, 6.07) is 8.40. The number of imidazole rings is 1. The quantitative estimate of drug-likeness (QED) is 0.754. The number of aryl methyl sites for hydroxylation is 2. The second-order valence-electron chi connectivity index (χ2n) is 5.41. The van der Waals surface area contributed by atoms with Crippen molar-refractivity contribution < 1.29 is 4.79 Å². The lowest BCUT2D eigenvalue weighted by atomic mass is 10.1. The molecule has 4 nitrogen and oxygen atoms in total. The largest absolute Gasteiger partial charge is 0.349 e. The van der Waals surface area contributed by atoms with E-state index in [9.17, 15) is 4.79 Å². The van der Waals surface area contributed by atoms with Crippen LogP contribution in [0.15, 0.2) is 36.7 Å². The van der Waals surface area contributed by atoms with Gasteiger partial charge in [0.15, 0.2) is 0 Å². The van der Waals surface area contributed by atoms with Gasteiger partial charge >= 0.3 is 0 Å². The lowest BCUT2D eigenvalue weighted by molar-refractivity contribution is -0.121. The van der Waals surface area contributed by atoms with Gasteiger partial charge in [0.05, 0.1) is 6.04 Å². The summed E-state index contributed by atoms with van der Waals surface area (Å²) in [6.07, 6.45) is 4.56. The minimum absolute atomic E-state index is 0.0292. The number of hydrogen-bond acceptors (Lipinski definition) is 3. The summed E-state index contributed by atoms with van der Waals surface area (Å²) in [6.45, 7) is 4.17. The summed E-state index contributed by atoms with van der Waals surface area (Å²) in [4.78, 5) is 20.5. The highest BCUT2D eigenvalue weighted by Crippen LogP contribution is 2.34. The first-order chi connectivity index (χ1) is 10.6. The van der Waals surface area contributed by atoms with Gasteiger partial charge in [0.1, 0.15) is 5.82 Å². The van der Waals surface area contributed by atoms with Crippen molar-refractivity contribution in [2.75, 3.05) is 0 Å². The van der Waals surface area contributed by atoms with Crippen LogP contribution >= 0.6 is 11.3 Å². The normalized spacial score (nSPS) is 12.5. The maximum Gasteiger partial charge on any atom is 0.220 e. The van der Waals surface area contributed by atoms with Gasteiger partial charge in [-0.05, 0) is 30.9 Å². The van der Waals surface area contributed by atoms with Crippen molar-refractivity contribution in [3.63, 3.8) is 0 Å². The Morgan fingerprint density at radius 2 is 2.23 bits per heavy atom. The molecule has 2 heterocycles. The topological polar surface area (TPSA) is 57.8 Å². The summed E-state index contributed by atoms with van der Waals surface area (Å²) in [7, 11) is 0. The third-order valence-corrected chi connectivity index (χ3v) is 5.25. The van der Waals surface area contributed by atoms with E-state index in [1.807, 2.05) is 6.92 Å². The predicted octanol–water partition coefficient (Wildman–Crippen LogP) is 3.74. The van der Waals surface area contributed by atoms with Crippen molar-refractivity contribution in [2.45, 2.75) is 32.7 Å². The molecule has 22 heavy (non-hydrogen) atoms. The number of fused-ring (bicyclic) bond motifs is 1. The third kappa shape index (κ3) is 3.04. The number of nitrogens with one attached hydrogen (secondary N) is 2. The van der Waals surface area contributed by atoms with Crippen LogP contribution in [-0.2, 0) is 11.2 Å². The van der Waals surface area contributed by atoms with E-state index in [0.717, 1.165) is 5.82 Å². The molecular weight excluding hydrogens is 294 g/mol. The first-order valence-electron chi connectivity index (χ1n) is 7.41. The van der Waals surface area contributed by atoms with E-state index in [-0.39, 0.29) is 11.9 Å². The third-order valence-electron chi connectivity index (χ3n) is 3.80. The van der Waals surface area contributed by atoms with E-state index in [1.165, 1.54) is 20.5 Å². The van der Waals surface area contributed by atoms with Gasteiger partial charge in [-0.15, -0.1) is 11.3 Å². The Morgan fingerprint density at radius 1 is 1.41 bits per heavy atom. The van der Waals surface area contributed by atoms with Crippen molar-refractivity contribution in [1.29, 1.82) is 0 Å². The summed E-state index contributed by atoms with van der Waals surface area (Å²) >= 11 is 1.76. The zero-order valence-electron chi connectivity index (χ0n) is 12.7. The molecule has 2 aromatic heterocycles. The minimum Gasteiger partial charge on any atom is -0.349 e. The first kappa shape index (κ1) is 14.8. The van der Waals surface area contributed by atoms with E-state index in [2.05, 4.69) is 46.5 Å². The van der Waals surface area contributed by atoms with Crippen LogP contribution in [0.1, 0.15) is 35.7 Å². The zero-order valence-corrected chi connectivity index (χ0v) is 13.5. The summed E-state index contributed by atoms with van der Waals surface area (Å²) in [5, 5.41) is 4.37. The molecule has 0 bridgehead atoms. The standard InChI is InChI=1S/C17H19N3OS/c1-11-13-5-3-4-6-14(13)22-17(11)12(2)20-16(21)8-7-15-18-9-10-19-15/h3-6,9-10,12H,7-8H2,1-2H3,(H,18,19)(H,20,21)/t12-/m1/s1. The van der Waals surface area contributed by atoms with Crippen LogP contribution in [0.5, 0.6) is 0 Å². The van der Waals surface area contributed by atoms with E-state index in [1.54, 1.807) is 23.7 Å². The fraction of sp³-hybridized carbons (Fsp3) is 0.294. The molecule has 5 heteroatoms. The molecule has 2 N–H and O–H groups in total. The number of aromatic amines is 1. The Kier molecular flexibility index (Phi) is 4.24. The van der Waals surface area contributed by atoms with Crippen molar-refractivity contribution in [3.05, 3.63) is 52.9 Å². The minimum atomic E-state index is 0.0292. The average Bonchev–Trinajstić information content (AvgIpc) is 3.14. The number of H-pyrrole nitrogens is 1. The molecule has 0 radical (unpaired) electrons. The fourth-order valence-electron chi connectivity index (χ4n) is 2.65. The molecule has 3 rings (SSSR count). The molecule has 0 spiro atoms. The van der Waals surface area contributed by atoms with Crippen LogP contribution in [0.25, 0.3) is 10.1 Å². The lowest BCUT2D eigenvalue weighted by Crippen LogP contribution is -2.26. The smallest absolute Gasteiger partial charge is 0.220 e. The molecule has 0 aliphatic carbocycles. The highest BCUT2D eigenvalue weighted by molar-refractivity contribution is 7.19. The van der Waals surface area contributed by atoms with Gasteiger partial charge in [-0.2, -0.15) is 0 Å². The van der Waals surface area contributed by atoms with Crippen LogP contribution in [0.3, 0.4) is 0 Å². The van der Waals surface area contributed by atoms with E-state index < -0.39 is 0 Å². The molecule has 0 fully saturated rings. The van der Waals surface area contributed by atoms with Gasteiger partial charge in [0.25, 0.3) is 0 Å². The number of benzene rings is 1. The van der Waals surface area contributed by atoms with Crippen molar-refractivity contribution >= 4 is 27.3 Å². The van der Waals surface area contributed by atoms with Crippen LogP contribution in [0.4, 0.5) is 0 Å². The Hall–Kier alpha value is -2.14. The summed E-state index contributed by atoms with van der Waals surface area (Å²) in [5.74, 6) is 0.904. The van der Waals surface area contributed by atoms with Gasteiger partial charge < -0.3 is 10.3 Å². The molecule has 114 valence electrons. The maximum atomic E-state index is 12.1. The molecule has 0 saturated heterocycles. The molecule has 0 aliphatic heterocycles. The number of carbonyl (C=O) groups is 1. The molecule has 1 atom stereocenters. The fourth-order valence-corrected chi connectivity index (χ4v) is 3.87. The molecule has 1 amide bonds. The first-order valence-corrected chi connectivity index (χ1v) is 8.22. The Morgan fingerprint density at radius 3 is 2.95 bits per heavy atom. The SMILES string of the molecule is Cc1c([C@@H](C)NC(=O)CCc2ncc[nH]2)sc2ccccc12. The van der Waals surface area contributed by atoms with Crippen LogP contribution in [0.2, 0.25) is 0 Å². The van der Waals surface area contributed by atoms with Gasteiger partial charge in [-0.1, -0.05) is 18.2 Å². The van der Waals surface area contributed by atoms with E-state index in [4.69, 9.17) is 0 Å². The van der Waals surface area contributed by atoms with E-state index >= 15 is 0 Å². The highest BCUT2D eigenvalue weighted by Gasteiger charge is 2.16. The van der Waals surface area contributed by atoms with Crippen LogP contribution < -0.4 is 5.32 Å². The molecule has 0 saturated carbocycles. The van der Waals surface area contributed by atoms with Crippen molar-refractivity contribution in [1.82, 2.24) is 15.3 Å². The van der Waals surface area contributed by atoms with Gasteiger partial charge in [-0.25, -0.2) is 4.98 Å². The highest BCUT2D eigenvalue weighted by atomic mass is 32.1. The number of amides is 1. The number of hydrogen-bond donors (Lipinski definition) is 2. The zero-order chi connectivity index (χ0) is 15.5. The Balaban J connectivity index is 1.66. The second kappa shape index (κ2) is 6.32. The van der Waals surface area contributed by atoms with Gasteiger partial charge in [-0.3, -0.25) is 4.79 Å². The number of nitrogens with zero attached hydrogens (tertiary/aromatic N) is 1. The molecule has 1 aromatic carbocycles. The van der Waals surface area contributed by atoms with Crippen LogP contribution in [-0.4, -0.2) is 15.9 Å². The summed E-state index contributed by atoms with van der Waals surface area (Å²) < 4.78 is 1.27. The number of aromatic nitrogens is 2. The van der Waals surface area contributed by atoms with Gasteiger partial charge in [0, 0.05) is 34.8 Å². The number of carbonyl (C=O) groups excluding carboxylic acids is 1. The summed E-state index contributed by atoms with van der Waals surface area (Å²) in [5.41, 5.74) is 1.26. The average molecular weight is 313 g/mol. The second-order valence-corrected chi connectivity index (χ2v) is 6.50. The van der Waals surface area contributed by atoms with Crippen molar-refractivity contribution in [3.8, 4) is 0 Å². The molecule has 0 unspecified atom stereocenters. The maximum absolute atomic E-state index is 12.1. The Bertz CT molecular complexity index is 776. The molecule has 0 aliphatic rings. The monoisotopic (exact) mass is 313 g/mol. The lowest BCUT2D eigenvalue weighted by Gasteiger charge is -2.13. The number of thiophene rings is 1. The Labute approximate surface area is 133 Å². The van der Waals surface area contributed by atoms with E-state index in [0.29, 0.717) is 12.8 Å². The number of rotatable bonds is 5. The van der Waals surface area contributed by atoms with Crippen molar-refractivity contribution in [2.24, 2.45) is 0 Å². The molecule has 3 aromatic rings. The predicted molar refractivity (Wildman–Crippen MR) is 90.0 cm³/mol. The van der Waals surface area contributed by atoms with Crippen LogP contribution in [0, 0.1) is 6.92 Å². The molecular formula is C17H19N3OS. The van der Waals surface area contributed by atoms with Gasteiger partial charge in [0.2, 0.25) is 5.91 Å².